The zero-order valence-corrected chi connectivity index (χ0v) is 18.2. The lowest BCUT2D eigenvalue weighted by Gasteiger charge is -2.28. The molecule has 2 aromatic carbocycles. The third-order valence-electron chi connectivity index (χ3n) is 5.55. The number of amides is 2. The minimum Gasteiger partial charge on any atom is -0.446 e. The molecule has 3 atom stereocenters. The highest BCUT2D eigenvalue weighted by Crippen LogP contribution is 2.36. The van der Waals surface area contributed by atoms with E-state index in [-0.39, 0.29) is 17.7 Å². The van der Waals surface area contributed by atoms with Gasteiger partial charge in [-0.05, 0) is 34.4 Å². The molecule has 0 aliphatic carbocycles. The number of cyclic esters (lactones) is 1. The first-order valence-electron chi connectivity index (χ1n) is 10.4. The van der Waals surface area contributed by atoms with E-state index in [4.69, 9.17) is 4.74 Å². The Kier molecular flexibility index (Phi) is 6.84. The Labute approximate surface area is 201 Å². The Morgan fingerprint density at radius 3 is 2.31 bits per heavy atom. The number of azide groups is 1. The molecule has 13 heteroatoms. The maximum Gasteiger partial charge on any atom is 0.451 e. The van der Waals surface area contributed by atoms with Gasteiger partial charge in [-0.1, -0.05) is 47.6 Å². The summed E-state index contributed by atoms with van der Waals surface area (Å²) in [5.74, 6) is -4.23. The predicted molar refractivity (Wildman–Crippen MR) is 116 cm³/mol. The monoisotopic (exact) mass is 500 g/mol. The molecule has 0 unspecified atom stereocenters. The Morgan fingerprint density at radius 2 is 1.72 bits per heavy atom. The van der Waals surface area contributed by atoms with Crippen LogP contribution in [0.15, 0.2) is 72.1 Å². The van der Waals surface area contributed by atoms with Crippen molar-refractivity contribution >= 4 is 12.0 Å². The van der Waals surface area contributed by atoms with E-state index in [1.54, 1.807) is 30.3 Å². The SMILES string of the molecule is [N-]=[N+]=N[C@H](C(=O)N1C(=O)OC[C@H]1c1ccccc1)[C@@H](c1ccc(F)cc1)c1cnc(C(F)(F)F)nc1. The van der Waals surface area contributed by atoms with Crippen LogP contribution in [-0.4, -0.2) is 39.5 Å². The summed E-state index contributed by atoms with van der Waals surface area (Å²) < 4.78 is 57.7. The van der Waals surface area contributed by atoms with Gasteiger partial charge in [0.25, 0.3) is 0 Å². The number of ether oxygens (including phenoxy) is 1. The molecular weight excluding hydrogens is 484 g/mol. The average molecular weight is 500 g/mol. The lowest BCUT2D eigenvalue weighted by atomic mass is 9.85. The zero-order chi connectivity index (χ0) is 25.9. The van der Waals surface area contributed by atoms with E-state index >= 15 is 0 Å². The topological polar surface area (TPSA) is 121 Å². The maximum absolute atomic E-state index is 13.7. The second kappa shape index (κ2) is 10.0. The second-order valence-corrected chi connectivity index (χ2v) is 7.73. The number of nitrogens with zero attached hydrogens (tertiary/aromatic N) is 6. The average Bonchev–Trinajstić information content (AvgIpc) is 3.26. The minimum absolute atomic E-state index is 0.0239. The van der Waals surface area contributed by atoms with Crippen molar-refractivity contribution in [3.05, 3.63) is 106 Å². The summed E-state index contributed by atoms with van der Waals surface area (Å²) in [7, 11) is 0. The van der Waals surface area contributed by atoms with Gasteiger partial charge in [0, 0.05) is 23.2 Å². The summed E-state index contributed by atoms with van der Waals surface area (Å²) in [6.07, 6.45) is -4.11. The molecule has 1 aliphatic rings. The summed E-state index contributed by atoms with van der Waals surface area (Å²) in [4.78, 5) is 36.4. The van der Waals surface area contributed by atoms with Crippen molar-refractivity contribution < 1.29 is 31.9 Å². The van der Waals surface area contributed by atoms with Crippen LogP contribution in [0.5, 0.6) is 0 Å². The maximum atomic E-state index is 13.7. The normalized spacial score (nSPS) is 17.2. The van der Waals surface area contributed by atoms with Crippen molar-refractivity contribution in [3.8, 4) is 0 Å². The summed E-state index contributed by atoms with van der Waals surface area (Å²) in [5, 5.41) is 3.59. The smallest absolute Gasteiger partial charge is 0.446 e. The van der Waals surface area contributed by atoms with Crippen LogP contribution in [0.25, 0.3) is 10.4 Å². The van der Waals surface area contributed by atoms with Crippen LogP contribution >= 0.6 is 0 Å². The highest BCUT2D eigenvalue weighted by Gasteiger charge is 2.44. The van der Waals surface area contributed by atoms with Crippen LogP contribution in [0.4, 0.5) is 22.4 Å². The summed E-state index contributed by atoms with van der Waals surface area (Å²) in [5.41, 5.74) is 10.0. The minimum atomic E-state index is -4.81. The van der Waals surface area contributed by atoms with Crippen molar-refractivity contribution in [2.75, 3.05) is 6.61 Å². The number of aromatic nitrogens is 2. The number of carbonyl (C=O) groups excluding carboxylic acids is 2. The van der Waals surface area contributed by atoms with E-state index in [0.29, 0.717) is 5.56 Å². The van der Waals surface area contributed by atoms with Crippen molar-refractivity contribution in [1.29, 1.82) is 0 Å². The van der Waals surface area contributed by atoms with Crippen molar-refractivity contribution in [1.82, 2.24) is 14.9 Å². The molecule has 0 spiro atoms. The van der Waals surface area contributed by atoms with E-state index in [2.05, 4.69) is 20.0 Å². The van der Waals surface area contributed by atoms with Gasteiger partial charge in [0.05, 0.1) is 0 Å². The number of carbonyl (C=O) groups is 2. The molecule has 0 radical (unpaired) electrons. The van der Waals surface area contributed by atoms with E-state index in [9.17, 15) is 32.7 Å². The zero-order valence-electron chi connectivity index (χ0n) is 18.2. The molecule has 1 aliphatic heterocycles. The summed E-state index contributed by atoms with van der Waals surface area (Å²) >= 11 is 0. The molecule has 184 valence electrons. The Balaban J connectivity index is 1.80. The Morgan fingerprint density at radius 1 is 1.08 bits per heavy atom. The fourth-order valence-electron chi connectivity index (χ4n) is 3.91. The molecule has 0 saturated carbocycles. The molecule has 2 heterocycles. The van der Waals surface area contributed by atoms with Gasteiger partial charge in [0.2, 0.25) is 11.7 Å². The van der Waals surface area contributed by atoms with Crippen molar-refractivity contribution in [3.63, 3.8) is 0 Å². The van der Waals surface area contributed by atoms with Gasteiger partial charge in [-0.15, -0.1) is 0 Å². The number of halogens is 4. The lowest BCUT2D eigenvalue weighted by Crippen LogP contribution is -2.43. The number of hydrogen-bond donors (Lipinski definition) is 0. The molecule has 1 fully saturated rings. The first kappa shape index (κ1) is 24.6. The molecule has 2 amide bonds. The van der Waals surface area contributed by atoms with Gasteiger partial charge >= 0.3 is 12.3 Å². The van der Waals surface area contributed by atoms with Crippen LogP contribution in [0, 0.1) is 5.82 Å². The summed E-state index contributed by atoms with van der Waals surface area (Å²) in [6, 6.07) is 10.7. The quantitative estimate of drug-likeness (QED) is 0.200. The predicted octanol–water partition coefficient (Wildman–Crippen LogP) is 5.17. The molecular formula is C23H16F4N6O3. The standard InChI is InChI=1S/C23H16F4N6O3/c24-16-8-6-14(7-9-16)18(15-10-29-21(30-11-15)23(25,26)27)19(31-32-28)20(34)33-17(12-36-22(33)35)13-4-2-1-3-5-13/h1-11,17-19H,12H2/t17-,18-,19-/m0/s1. The molecule has 1 saturated heterocycles. The molecule has 4 rings (SSSR count). The highest BCUT2D eigenvalue weighted by atomic mass is 19.4. The Hall–Kier alpha value is -4.51. The van der Waals surface area contributed by atoms with E-state index in [1.165, 1.54) is 12.1 Å². The van der Waals surface area contributed by atoms with E-state index in [0.717, 1.165) is 29.4 Å². The number of alkyl halides is 3. The van der Waals surface area contributed by atoms with Gasteiger partial charge < -0.3 is 4.74 Å². The van der Waals surface area contributed by atoms with Crippen molar-refractivity contribution in [2.24, 2.45) is 5.11 Å². The van der Waals surface area contributed by atoms with Gasteiger partial charge in [0.15, 0.2) is 0 Å². The third kappa shape index (κ3) is 4.96. The van der Waals surface area contributed by atoms with E-state index < -0.39 is 47.8 Å². The van der Waals surface area contributed by atoms with Gasteiger partial charge in [0.1, 0.15) is 24.5 Å². The molecule has 36 heavy (non-hydrogen) atoms. The fraction of sp³-hybridized carbons (Fsp3) is 0.217. The first-order chi connectivity index (χ1) is 17.2. The molecule has 3 aromatic rings. The second-order valence-electron chi connectivity index (χ2n) is 7.73. The number of rotatable bonds is 6. The first-order valence-corrected chi connectivity index (χ1v) is 10.4. The van der Waals surface area contributed by atoms with E-state index in [1.807, 2.05) is 0 Å². The third-order valence-corrected chi connectivity index (χ3v) is 5.55. The van der Waals surface area contributed by atoms with Crippen LogP contribution in [-0.2, 0) is 15.7 Å². The molecule has 1 aromatic heterocycles. The van der Waals surface area contributed by atoms with Crippen LogP contribution < -0.4 is 0 Å². The largest absolute Gasteiger partial charge is 0.451 e. The van der Waals surface area contributed by atoms with Crippen LogP contribution in [0.3, 0.4) is 0 Å². The summed E-state index contributed by atoms with van der Waals surface area (Å²) in [6.45, 7) is -0.151. The fourth-order valence-corrected chi connectivity index (χ4v) is 3.91. The van der Waals surface area contributed by atoms with Gasteiger partial charge in [-0.3, -0.25) is 4.79 Å². The number of imide groups is 1. The molecule has 9 nitrogen and oxygen atoms in total. The number of hydrogen-bond acceptors (Lipinski definition) is 6. The highest BCUT2D eigenvalue weighted by molar-refractivity contribution is 5.97. The van der Waals surface area contributed by atoms with Gasteiger partial charge in [-0.2, -0.15) is 13.2 Å². The van der Waals surface area contributed by atoms with Crippen LogP contribution in [0.2, 0.25) is 0 Å². The van der Waals surface area contributed by atoms with Crippen molar-refractivity contribution in [2.45, 2.75) is 24.2 Å². The Bertz CT molecular complexity index is 1300. The lowest BCUT2D eigenvalue weighted by molar-refractivity contribution is -0.145. The number of benzene rings is 2. The van der Waals surface area contributed by atoms with Gasteiger partial charge in [-0.25, -0.2) is 24.1 Å². The van der Waals surface area contributed by atoms with Crippen LogP contribution in [0.1, 0.15) is 34.5 Å². The molecule has 0 N–H and O–H groups in total. The molecule has 0 bridgehead atoms.